The lowest BCUT2D eigenvalue weighted by Crippen LogP contribution is -2.41. The van der Waals surface area contributed by atoms with E-state index in [1.807, 2.05) is 0 Å². The van der Waals surface area contributed by atoms with Gasteiger partial charge in [0.25, 0.3) is 0 Å². The van der Waals surface area contributed by atoms with Gasteiger partial charge in [-0.05, 0) is 49.4 Å². The summed E-state index contributed by atoms with van der Waals surface area (Å²) in [7, 11) is -1.93. The number of halogens is 1. The van der Waals surface area contributed by atoms with Gasteiger partial charge in [-0.25, -0.2) is 12.8 Å². The average Bonchev–Trinajstić information content (AvgIpc) is 2.39. The second-order valence-corrected chi connectivity index (χ2v) is 7.14. The minimum atomic E-state index is -3.55. The molecular weight excluding hydrogens is 281 g/mol. The molecule has 1 unspecified atom stereocenters. The summed E-state index contributed by atoms with van der Waals surface area (Å²) < 4.78 is 45.0. The van der Waals surface area contributed by atoms with Gasteiger partial charge in [-0.3, -0.25) is 0 Å². The van der Waals surface area contributed by atoms with Crippen molar-refractivity contribution < 1.29 is 17.5 Å². The van der Waals surface area contributed by atoms with Gasteiger partial charge in [0.05, 0.1) is 11.5 Å². The second kappa shape index (κ2) is 6.20. The fraction of sp³-hybridized carbons (Fsp3) is 0.571. The van der Waals surface area contributed by atoms with Crippen LogP contribution in [0, 0.1) is 18.7 Å². The van der Waals surface area contributed by atoms with Gasteiger partial charge in [0.15, 0.2) is 0 Å². The fourth-order valence-electron chi connectivity index (χ4n) is 2.66. The van der Waals surface area contributed by atoms with Crippen LogP contribution in [0.3, 0.4) is 0 Å². The summed E-state index contributed by atoms with van der Waals surface area (Å²) in [6.07, 6.45) is 1.80. The van der Waals surface area contributed by atoms with Gasteiger partial charge in [0.2, 0.25) is 10.0 Å². The molecule has 1 aliphatic rings. The highest BCUT2D eigenvalue weighted by atomic mass is 32.2. The van der Waals surface area contributed by atoms with Crippen LogP contribution in [0.5, 0.6) is 0 Å². The first kappa shape index (κ1) is 15.4. The van der Waals surface area contributed by atoms with Crippen molar-refractivity contribution in [3.63, 3.8) is 0 Å². The van der Waals surface area contributed by atoms with Crippen LogP contribution in [0.1, 0.15) is 18.4 Å². The summed E-state index contributed by atoms with van der Waals surface area (Å²) in [5, 5.41) is 0. The third-order valence-corrected chi connectivity index (χ3v) is 5.66. The third-order valence-electron chi connectivity index (χ3n) is 3.64. The zero-order valence-electron chi connectivity index (χ0n) is 11.8. The number of nitrogens with zero attached hydrogens (tertiary/aromatic N) is 1. The third kappa shape index (κ3) is 3.19. The molecule has 1 aromatic rings. The predicted octanol–water partition coefficient (Wildman–Crippen LogP) is 2.18. The van der Waals surface area contributed by atoms with Crippen LogP contribution in [0.25, 0.3) is 0 Å². The van der Waals surface area contributed by atoms with Crippen LogP contribution in [0.2, 0.25) is 0 Å². The molecule has 0 spiro atoms. The van der Waals surface area contributed by atoms with Gasteiger partial charge in [0, 0.05) is 20.2 Å². The molecule has 0 amide bonds. The van der Waals surface area contributed by atoms with Gasteiger partial charge >= 0.3 is 0 Å². The first-order chi connectivity index (χ1) is 9.45. The number of sulfonamides is 1. The highest BCUT2D eigenvalue weighted by molar-refractivity contribution is 7.89. The predicted molar refractivity (Wildman–Crippen MR) is 74.5 cm³/mol. The zero-order valence-corrected chi connectivity index (χ0v) is 12.6. The molecule has 0 radical (unpaired) electrons. The first-order valence-electron chi connectivity index (χ1n) is 6.70. The summed E-state index contributed by atoms with van der Waals surface area (Å²) in [5.74, 6) is -0.193. The minimum absolute atomic E-state index is 0.192. The molecule has 1 saturated heterocycles. The summed E-state index contributed by atoms with van der Waals surface area (Å²) >= 11 is 0. The van der Waals surface area contributed by atoms with Crippen molar-refractivity contribution in [2.45, 2.75) is 24.7 Å². The zero-order chi connectivity index (χ0) is 14.8. The van der Waals surface area contributed by atoms with Gasteiger partial charge in [0.1, 0.15) is 5.82 Å². The van der Waals surface area contributed by atoms with Crippen LogP contribution < -0.4 is 0 Å². The van der Waals surface area contributed by atoms with E-state index in [4.69, 9.17) is 4.74 Å². The molecule has 1 aliphatic heterocycles. The van der Waals surface area contributed by atoms with Gasteiger partial charge in [-0.2, -0.15) is 4.31 Å². The summed E-state index contributed by atoms with van der Waals surface area (Å²) in [5.41, 5.74) is 0.443. The molecule has 112 valence electrons. The van der Waals surface area contributed by atoms with E-state index >= 15 is 0 Å². The Hall–Kier alpha value is -0.980. The standard InChI is InChI=1S/C14H20FNO3S/c1-11-8-13(15)5-6-14(11)20(17,18)16-7-3-4-12(9-16)10-19-2/h5-6,8,12H,3-4,7,9-10H2,1-2H3. The van der Waals surface area contributed by atoms with Crippen molar-refractivity contribution in [3.8, 4) is 0 Å². The van der Waals surface area contributed by atoms with Crippen LogP contribution in [-0.2, 0) is 14.8 Å². The van der Waals surface area contributed by atoms with Crippen molar-refractivity contribution in [2.24, 2.45) is 5.92 Å². The lowest BCUT2D eigenvalue weighted by atomic mass is 10.0. The van der Waals surface area contributed by atoms with E-state index in [-0.39, 0.29) is 10.8 Å². The minimum Gasteiger partial charge on any atom is -0.384 e. The Morgan fingerprint density at radius 2 is 2.20 bits per heavy atom. The molecule has 0 N–H and O–H groups in total. The summed E-state index contributed by atoms with van der Waals surface area (Å²) in [6, 6.07) is 3.79. The van der Waals surface area contributed by atoms with Crippen molar-refractivity contribution in [1.82, 2.24) is 4.31 Å². The second-order valence-electron chi connectivity index (χ2n) is 5.24. The smallest absolute Gasteiger partial charge is 0.243 e. The van der Waals surface area contributed by atoms with E-state index in [0.29, 0.717) is 25.3 Å². The summed E-state index contributed by atoms with van der Waals surface area (Å²) in [4.78, 5) is 0.192. The number of benzene rings is 1. The maximum absolute atomic E-state index is 13.1. The van der Waals surface area contributed by atoms with Gasteiger partial charge in [-0.15, -0.1) is 0 Å². The van der Waals surface area contributed by atoms with Gasteiger partial charge in [-0.1, -0.05) is 0 Å². The molecule has 1 atom stereocenters. The SMILES string of the molecule is COCC1CCCN(S(=O)(=O)c2ccc(F)cc2C)C1. The lowest BCUT2D eigenvalue weighted by molar-refractivity contribution is 0.118. The molecule has 0 aromatic heterocycles. The van der Waals surface area contributed by atoms with E-state index in [0.717, 1.165) is 12.8 Å². The molecule has 1 aromatic carbocycles. The number of aryl methyl sites for hydroxylation is 1. The fourth-order valence-corrected chi connectivity index (χ4v) is 4.42. The Bertz CT molecular complexity index is 572. The molecule has 1 heterocycles. The largest absolute Gasteiger partial charge is 0.384 e. The number of ether oxygens (including phenoxy) is 1. The van der Waals surface area contributed by atoms with Crippen molar-refractivity contribution in [2.75, 3.05) is 26.8 Å². The Morgan fingerprint density at radius 3 is 2.85 bits per heavy atom. The molecule has 0 aliphatic carbocycles. The van der Waals surface area contributed by atoms with Crippen LogP contribution in [0.15, 0.2) is 23.1 Å². The number of hydrogen-bond donors (Lipinski definition) is 0. The molecule has 1 fully saturated rings. The molecule has 2 rings (SSSR count). The van der Waals surface area contributed by atoms with Crippen molar-refractivity contribution >= 4 is 10.0 Å². The van der Waals surface area contributed by atoms with E-state index in [9.17, 15) is 12.8 Å². The van der Waals surface area contributed by atoms with Gasteiger partial charge < -0.3 is 4.74 Å². The number of piperidine rings is 1. The highest BCUT2D eigenvalue weighted by Crippen LogP contribution is 2.26. The molecule has 0 bridgehead atoms. The average molecular weight is 301 g/mol. The van der Waals surface area contributed by atoms with E-state index in [1.165, 1.54) is 22.5 Å². The number of methoxy groups -OCH3 is 1. The molecule has 6 heteroatoms. The Balaban J connectivity index is 2.25. The van der Waals surface area contributed by atoms with Crippen molar-refractivity contribution in [3.05, 3.63) is 29.6 Å². The summed E-state index contributed by atoms with van der Waals surface area (Å²) in [6.45, 7) is 3.16. The Kier molecular flexibility index (Phi) is 4.78. The Morgan fingerprint density at radius 1 is 1.45 bits per heavy atom. The van der Waals surface area contributed by atoms with Crippen LogP contribution in [0.4, 0.5) is 4.39 Å². The van der Waals surface area contributed by atoms with Crippen LogP contribution in [-0.4, -0.2) is 39.5 Å². The van der Waals surface area contributed by atoms with E-state index in [1.54, 1.807) is 14.0 Å². The van der Waals surface area contributed by atoms with E-state index in [2.05, 4.69) is 0 Å². The quantitative estimate of drug-likeness (QED) is 0.856. The maximum atomic E-state index is 13.1. The van der Waals surface area contributed by atoms with E-state index < -0.39 is 15.8 Å². The molecule has 4 nitrogen and oxygen atoms in total. The number of rotatable bonds is 4. The maximum Gasteiger partial charge on any atom is 0.243 e. The molecule has 0 saturated carbocycles. The van der Waals surface area contributed by atoms with Crippen LogP contribution >= 0.6 is 0 Å². The monoisotopic (exact) mass is 301 g/mol. The number of hydrogen-bond acceptors (Lipinski definition) is 3. The topological polar surface area (TPSA) is 46.6 Å². The molecule has 20 heavy (non-hydrogen) atoms. The molecular formula is C14H20FNO3S. The first-order valence-corrected chi connectivity index (χ1v) is 8.14. The normalized spacial score (nSPS) is 21.1. The highest BCUT2D eigenvalue weighted by Gasteiger charge is 2.31. The Labute approximate surface area is 119 Å². The lowest BCUT2D eigenvalue weighted by Gasteiger charge is -2.31. The van der Waals surface area contributed by atoms with Crippen molar-refractivity contribution in [1.29, 1.82) is 0 Å².